The maximum atomic E-state index is 13.0. The van der Waals surface area contributed by atoms with Crippen molar-refractivity contribution in [2.75, 3.05) is 0 Å². The highest BCUT2D eigenvalue weighted by Gasteiger charge is 2.29. The molecule has 1 rings (SSSR count). The molecule has 16 heavy (non-hydrogen) atoms. The number of carboxylic acids is 2. The number of benzene rings is 1. The molecule has 4 nitrogen and oxygen atoms in total. The minimum atomic E-state index is -2.11. The van der Waals surface area contributed by atoms with Crippen LogP contribution in [0.3, 0.4) is 0 Å². The van der Waals surface area contributed by atoms with Crippen molar-refractivity contribution in [3.63, 3.8) is 0 Å². The van der Waals surface area contributed by atoms with Gasteiger partial charge in [-0.3, -0.25) is 0 Å². The fraction of sp³-hybridized carbons (Fsp3) is 0.111. The molecule has 1 aromatic carbocycles. The van der Waals surface area contributed by atoms with Crippen molar-refractivity contribution in [3.05, 3.63) is 34.1 Å². The fourth-order valence-electron chi connectivity index (χ4n) is 1.28. The third-order valence-corrected chi connectivity index (χ3v) is 2.00. The molecule has 0 aliphatic heterocycles. The van der Waals surface area contributed by atoms with Crippen LogP contribution < -0.4 is 0 Å². The quantitative estimate of drug-likeness (QED) is 0.765. The SMILES string of the molecule is Cc1c(C(=O)O)c(F)c(F)c(F)c1C(=O)O. The first-order chi connectivity index (χ1) is 7.29. The van der Waals surface area contributed by atoms with Crippen molar-refractivity contribution in [2.45, 2.75) is 6.92 Å². The third-order valence-electron chi connectivity index (χ3n) is 2.00. The van der Waals surface area contributed by atoms with E-state index in [1.54, 1.807) is 0 Å². The van der Waals surface area contributed by atoms with E-state index in [4.69, 9.17) is 10.2 Å². The molecular weight excluding hydrogens is 229 g/mol. The Labute approximate surface area is 86.9 Å². The van der Waals surface area contributed by atoms with E-state index in [1.165, 1.54) is 0 Å². The minimum Gasteiger partial charge on any atom is -0.478 e. The smallest absolute Gasteiger partial charge is 0.339 e. The van der Waals surface area contributed by atoms with Gasteiger partial charge >= 0.3 is 11.9 Å². The van der Waals surface area contributed by atoms with Crippen LogP contribution in [-0.2, 0) is 0 Å². The maximum absolute atomic E-state index is 13.0. The highest BCUT2D eigenvalue weighted by molar-refractivity contribution is 5.96. The van der Waals surface area contributed by atoms with Crippen LogP contribution >= 0.6 is 0 Å². The van der Waals surface area contributed by atoms with Gasteiger partial charge in [0.25, 0.3) is 0 Å². The van der Waals surface area contributed by atoms with Crippen LogP contribution in [0.15, 0.2) is 0 Å². The number of hydrogen-bond acceptors (Lipinski definition) is 2. The van der Waals surface area contributed by atoms with E-state index in [2.05, 4.69) is 0 Å². The lowest BCUT2D eigenvalue weighted by molar-refractivity contribution is 0.0687. The molecule has 0 bridgehead atoms. The zero-order chi connectivity index (χ0) is 12.6. The van der Waals surface area contributed by atoms with Crippen molar-refractivity contribution in [2.24, 2.45) is 0 Å². The van der Waals surface area contributed by atoms with Crippen LogP contribution in [0.1, 0.15) is 26.3 Å². The summed E-state index contributed by atoms with van der Waals surface area (Å²) in [7, 11) is 0. The Kier molecular flexibility index (Phi) is 2.88. The number of halogens is 3. The molecule has 1 aromatic rings. The lowest BCUT2D eigenvalue weighted by Gasteiger charge is -2.08. The van der Waals surface area contributed by atoms with Crippen LogP contribution in [0.2, 0.25) is 0 Å². The topological polar surface area (TPSA) is 74.6 Å². The Morgan fingerprint density at radius 1 is 0.875 bits per heavy atom. The molecule has 0 saturated heterocycles. The molecule has 0 aliphatic rings. The predicted octanol–water partition coefficient (Wildman–Crippen LogP) is 1.81. The van der Waals surface area contributed by atoms with Gasteiger partial charge < -0.3 is 10.2 Å². The van der Waals surface area contributed by atoms with Crippen molar-refractivity contribution >= 4 is 11.9 Å². The average molecular weight is 234 g/mol. The highest BCUT2D eigenvalue weighted by Crippen LogP contribution is 2.24. The molecule has 0 atom stereocenters. The van der Waals surface area contributed by atoms with Crippen LogP contribution in [0.4, 0.5) is 13.2 Å². The van der Waals surface area contributed by atoms with Gasteiger partial charge in [0.05, 0.1) is 0 Å². The molecule has 0 fully saturated rings. The van der Waals surface area contributed by atoms with Gasteiger partial charge in [0.1, 0.15) is 11.1 Å². The summed E-state index contributed by atoms with van der Waals surface area (Å²) in [6.07, 6.45) is 0. The molecule has 0 unspecified atom stereocenters. The standard InChI is InChI=1S/C9H5F3O4/c1-2-3(8(13)14)5(10)7(12)6(11)4(2)9(15)16/h1H3,(H,13,14)(H,15,16). The molecule has 2 N–H and O–H groups in total. The van der Waals surface area contributed by atoms with E-state index in [-0.39, 0.29) is 0 Å². The van der Waals surface area contributed by atoms with Gasteiger partial charge in [-0.25, -0.2) is 22.8 Å². The van der Waals surface area contributed by atoms with Gasteiger partial charge in [-0.05, 0) is 12.5 Å². The Morgan fingerprint density at radius 2 is 1.19 bits per heavy atom. The molecule has 0 heterocycles. The van der Waals surface area contributed by atoms with Crippen molar-refractivity contribution in [3.8, 4) is 0 Å². The molecule has 7 heteroatoms. The first-order valence-electron chi connectivity index (χ1n) is 3.92. The summed E-state index contributed by atoms with van der Waals surface area (Å²) < 4.78 is 38.9. The lowest BCUT2D eigenvalue weighted by atomic mass is 10.0. The van der Waals surface area contributed by atoms with Crippen LogP contribution in [-0.4, -0.2) is 22.2 Å². The van der Waals surface area contributed by atoms with E-state index in [0.717, 1.165) is 6.92 Å². The number of carboxylic acid groups (broad SMARTS) is 2. The van der Waals surface area contributed by atoms with Crippen molar-refractivity contribution in [1.82, 2.24) is 0 Å². The van der Waals surface area contributed by atoms with Crippen LogP contribution in [0.25, 0.3) is 0 Å². The molecule has 0 aromatic heterocycles. The summed E-state index contributed by atoms with van der Waals surface area (Å²) in [6, 6.07) is 0. The van der Waals surface area contributed by atoms with Gasteiger partial charge in [0.15, 0.2) is 17.5 Å². The first-order valence-corrected chi connectivity index (χ1v) is 3.92. The zero-order valence-corrected chi connectivity index (χ0v) is 7.84. The molecular formula is C9H5F3O4. The number of carbonyl (C=O) groups is 2. The Bertz CT molecular complexity index is 455. The summed E-state index contributed by atoms with van der Waals surface area (Å²) in [6.45, 7) is 0.887. The second-order valence-corrected chi connectivity index (χ2v) is 2.93. The van der Waals surface area contributed by atoms with Gasteiger partial charge in [-0.2, -0.15) is 0 Å². The van der Waals surface area contributed by atoms with E-state index < -0.39 is 46.1 Å². The summed E-state index contributed by atoms with van der Waals surface area (Å²) in [5, 5.41) is 17.1. The van der Waals surface area contributed by atoms with E-state index >= 15 is 0 Å². The van der Waals surface area contributed by atoms with E-state index in [9.17, 15) is 22.8 Å². The summed E-state index contributed by atoms with van der Waals surface area (Å²) >= 11 is 0. The molecule has 0 radical (unpaired) electrons. The second kappa shape index (κ2) is 3.84. The second-order valence-electron chi connectivity index (χ2n) is 2.93. The lowest BCUT2D eigenvalue weighted by Crippen LogP contribution is -2.15. The first kappa shape index (κ1) is 12.0. The summed E-state index contributed by atoms with van der Waals surface area (Å²) in [5.74, 6) is -9.66. The molecule has 0 amide bonds. The summed E-state index contributed by atoms with van der Waals surface area (Å²) in [4.78, 5) is 21.1. The molecule has 86 valence electrons. The van der Waals surface area contributed by atoms with Crippen LogP contribution in [0, 0.1) is 24.4 Å². The average Bonchev–Trinajstić information content (AvgIpc) is 2.13. The number of rotatable bonds is 2. The Balaban J connectivity index is 3.80. The van der Waals surface area contributed by atoms with Crippen molar-refractivity contribution < 1.29 is 33.0 Å². The van der Waals surface area contributed by atoms with E-state index in [1.807, 2.05) is 0 Å². The highest BCUT2D eigenvalue weighted by atomic mass is 19.2. The minimum absolute atomic E-state index is 0.670. The number of aromatic carboxylic acids is 2. The Hall–Kier alpha value is -2.05. The van der Waals surface area contributed by atoms with Gasteiger partial charge in [0.2, 0.25) is 0 Å². The fourth-order valence-corrected chi connectivity index (χ4v) is 1.28. The Morgan fingerprint density at radius 3 is 1.44 bits per heavy atom. The predicted molar refractivity (Wildman–Crippen MR) is 45.0 cm³/mol. The normalized spacial score (nSPS) is 10.2. The van der Waals surface area contributed by atoms with Gasteiger partial charge in [-0.1, -0.05) is 0 Å². The molecule has 0 aliphatic carbocycles. The maximum Gasteiger partial charge on any atom is 0.339 e. The molecule has 0 spiro atoms. The monoisotopic (exact) mass is 234 g/mol. The van der Waals surface area contributed by atoms with Crippen LogP contribution in [0.5, 0.6) is 0 Å². The zero-order valence-electron chi connectivity index (χ0n) is 7.84. The van der Waals surface area contributed by atoms with Crippen molar-refractivity contribution in [1.29, 1.82) is 0 Å². The van der Waals surface area contributed by atoms with Gasteiger partial charge in [-0.15, -0.1) is 0 Å². The third kappa shape index (κ3) is 1.60. The van der Waals surface area contributed by atoms with Gasteiger partial charge in [0, 0.05) is 0 Å². The molecule has 0 saturated carbocycles. The van der Waals surface area contributed by atoms with E-state index in [0.29, 0.717) is 0 Å². The summed E-state index contributed by atoms with van der Waals surface area (Å²) in [5.41, 5.74) is -3.04. The number of hydrogen-bond donors (Lipinski definition) is 2. The largest absolute Gasteiger partial charge is 0.478 e.